The van der Waals surface area contributed by atoms with E-state index in [1.165, 1.54) is 12.1 Å². The molecule has 0 bridgehead atoms. The Labute approximate surface area is 74.7 Å². The van der Waals surface area contributed by atoms with Gasteiger partial charge in [0.05, 0.1) is 13.2 Å². The molecule has 0 radical (unpaired) electrons. The SMILES string of the molecule is OCc1cc2c(cc1F)COCO2. The van der Waals surface area contributed by atoms with Crippen LogP contribution in [0.5, 0.6) is 5.75 Å². The monoisotopic (exact) mass is 184 g/mol. The molecule has 1 aliphatic rings. The maximum atomic E-state index is 13.1. The lowest BCUT2D eigenvalue weighted by atomic mass is 10.1. The lowest BCUT2D eigenvalue weighted by molar-refractivity contribution is -0.0167. The molecule has 0 saturated carbocycles. The van der Waals surface area contributed by atoms with E-state index in [4.69, 9.17) is 14.6 Å². The Morgan fingerprint density at radius 1 is 1.46 bits per heavy atom. The highest BCUT2D eigenvalue weighted by atomic mass is 19.1. The fraction of sp³-hybridized carbons (Fsp3) is 0.333. The predicted octanol–water partition coefficient (Wildman–Crippen LogP) is 1.18. The molecular formula is C9H9FO3. The molecule has 0 unspecified atom stereocenters. The van der Waals surface area contributed by atoms with Gasteiger partial charge in [-0.25, -0.2) is 4.39 Å². The number of hydrogen-bond donors (Lipinski definition) is 1. The first kappa shape index (κ1) is 8.47. The summed E-state index contributed by atoms with van der Waals surface area (Å²) in [6, 6.07) is 2.84. The molecule has 0 saturated heterocycles. The number of hydrogen-bond acceptors (Lipinski definition) is 3. The third-order valence-corrected chi connectivity index (χ3v) is 1.96. The minimum atomic E-state index is -0.421. The Morgan fingerprint density at radius 2 is 2.31 bits per heavy atom. The van der Waals surface area contributed by atoms with E-state index in [1.807, 2.05) is 0 Å². The van der Waals surface area contributed by atoms with E-state index in [0.717, 1.165) is 0 Å². The summed E-state index contributed by atoms with van der Waals surface area (Å²) in [7, 11) is 0. The third-order valence-electron chi connectivity index (χ3n) is 1.96. The molecule has 1 N–H and O–H groups in total. The molecule has 4 heteroatoms. The van der Waals surface area contributed by atoms with Crippen LogP contribution in [0.1, 0.15) is 11.1 Å². The number of aliphatic hydroxyl groups excluding tert-OH is 1. The lowest BCUT2D eigenvalue weighted by Gasteiger charge is -2.18. The minimum absolute atomic E-state index is 0.184. The molecule has 1 heterocycles. The normalized spacial score (nSPS) is 14.9. The van der Waals surface area contributed by atoms with Crippen LogP contribution in [0, 0.1) is 5.82 Å². The quantitative estimate of drug-likeness (QED) is 0.712. The first-order chi connectivity index (χ1) is 6.31. The molecule has 3 nitrogen and oxygen atoms in total. The number of benzene rings is 1. The molecule has 70 valence electrons. The molecule has 0 fully saturated rings. The summed E-state index contributed by atoms with van der Waals surface area (Å²) in [5, 5.41) is 8.79. The Bertz CT molecular complexity index is 325. The standard InChI is InChI=1S/C9H9FO3/c10-8-1-7-4-12-5-13-9(7)2-6(8)3-11/h1-2,11H,3-5H2. The average Bonchev–Trinajstić information content (AvgIpc) is 2.17. The topological polar surface area (TPSA) is 38.7 Å². The van der Waals surface area contributed by atoms with Gasteiger partial charge in [-0.05, 0) is 12.1 Å². The van der Waals surface area contributed by atoms with Crippen molar-refractivity contribution in [2.75, 3.05) is 6.79 Å². The van der Waals surface area contributed by atoms with E-state index in [0.29, 0.717) is 17.9 Å². The second-order valence-electron chi connectivity index (χ2n) is 2.82. The Hall–Kier alpha value is -1.13. The molecule has 0 amide bonds. The second kappa shape index (κ2) is 3.32. The van der Waals surface area contributed by atoms with Gasteiger partial charge in [0.2, 0.25) is 0 Å². The van der Waals surface area contributed by atoms with Crippen LogP contribution in [0.3, 0.4) is 0 Å². The summed E-state index contributed by atoms with van der Waals surface area (Å²) in [4.78, 5) is 0. The highest BCUT2D eigenvalue weighted by molar-refractivity contribution is 5.38. The molecule has 0 aromatic heterocycles. The largest absolute Gasteiger partial charge is 0.467 e. The van der Waals surface area contributed by atoms with Crippen molar-refractivity contribution in [3.8, 4) is 5.75 Å². The molecular weight excluding hydrogens is 175 g/mol. The van der Waals surface area contributed by atoms with Crippen molar-refractivity contribution >= 4 is 0 Å². The van der Waals surface area contributed by atoms with Crippen LogP contribution in [0.4, 0.5) is 4.39 Å². The average molecular weight is 184 g/mol. The summed E-state index contributed by atoms with van der Waals surface area (Å²) in [5.41, 5.74) is 0.932. The van der Waals surface area contributed by atoms with E-state index in [2.05, 4.69) is 0 Å². The molecule has 13 heavy (non-hydrogen) atoms. The zero-order chi connectivity index (χ0) is 9.26. The third kappa shape index (κ3) is 1.50. The van der Waals surface area contributed by atoms with Gasteiger partial charge in [0.15, 0.2) is 6.79 Å². The molecule has 1 aromatic rings. The zero-order valence-electron chi connectivity index (χ0n) is 6.92. The van der Waals surface area contributed by atoms with Crippen molar-refractivity contribution in [1.29, 1.82) is 0 Å². The highest BCUT2D eigenvalue weighted by Crippen LogP contribution is 2.26. The van der Waals surface area contributed by atoms with Gasteiger partial charge < -0.3 is 14.6 Å². The Kier molecular flexibility index (Phi) is 2.16. The van der Waals surface area contributed by atoms with Crippen LogP contribution in [-0.2, 0) is 18.0 Å². The smallest absolute Gasteiger partial charge is 0.189 e. The van der Waals surface area contributed by atoms with E-state index in [-0.39, 0.29) is 19.0 Å². The number of fused-ring (bicyclic) bond motifs is 1. The first-order valence-corrected chi connectivity index (χ1v) is 3.94. The van der Waals surface area contributed by atoms with E-state index in [1.54, 1.807) is 0 Å². The van der Waals surface area contributed by atoms with Gasteiger partial charge in [-0.1, -0.05) is 0 Å². The van der Waals surface area contributed by atoms with Crippen molar-refractivity contribution in [3.63, 3.8) is 0 Å². The van der Waals surface area contributed by atoms with Crippen molar-refractivity contribution in [1.82, 2.24) is 0 Å². The molecule has 0 atom stereocenters. The van der Waals surface area contributed by atoms with Crippen molar-refractivity contribution in [3.05, 3.63) is 29.1 Å². The summed E-state index contributed by atoms with van der Waals surface area (Å²) in [5.74, 6) is 0.173. The zero-order valence-corrected chi connectivity index (χ0v) is 6.92. The number of ether oxygens (including phenoxy) is 2. The van der Waals surface area contributed by atoms with E-state index >= 15 is 0 Å². The maximum Gasteiger partial charge on any atom is 0.189 e. The summed E-state index contributed by atoms with van der Waals surface area (Å²) >= 11 is 0. The fourth-order valence-corrected chi connectivity index (χ4v) is 1.26. The molecule has 1 aromatic carbocycles. The van der Waals surface area contributed by atoms with E-state index < -0.39 is 5.82 Å². The van der Waals surface area contributed by atoms with Crippen molar-refractivity contribution in [2.45, 2.75) is 13.2 Å². The first-order valence-electron chi connectivity index (χ1n) is 3.94. The van der Waals surface area contributed by atoms with Gasteiger partial charge in [0, 0.05) is 11.1 Å². The summed E-state index contributed by atoms with van der Waals surface area (Å²) in [6.07, 6.45) is 0. The molecule has 0 spiro atoms. The van der Waals surface area contributed by atoms with Gasteiger partial charge in [0.25, 0.3) is 0 Å². The van der Waals surface area contributed by atoms with Crippen LogP contribution < -0.4 is 4.74 Å². The fourth-order valence-electron chi connectivity index (χ4n) is 1.26. The highest BCUT2D eigenvalue weighted by Gasteiger charge is 2.14. The number of halogens is 1. The number of aliphatic hydroxyl groups is 1. The summed E-state index contributed by atoms with van der Waals surface area (Å²) < 4.78 is 23.2. The maximum absolute atomic E-state index is 13.1. The van der Waals surface area contributed by atoms with E-state index in [9.17, 15) is 4.39 Å². The lowest BCUT2D eigenvalue weighted by Crippen LogP contribution is -2.12. The van der Waals surface area contributed by atoms with Gasteiger partial charge in [-0.2, -0.15) is 0 Å². The van der Waals surface area contributed by atoms with Gasteiger partial charge in [-0.15, -0.1) is 0 Å². The van der Waals surface area contributed by atoms with Crippen molar-refractivity contribution in [2.24, 2.45) is 0 Å². The number of rotatable bonds is 1. The van der Waals surface area contributed by atoms with Crippen LogP contribution in [-0.4, -0.2) is 11.9 Å². The second-order valence-corrected chi connectivity index (χ2v) is 2.82. The Balaban J connectivity index is 2.44. The summed E-state index contributed by atoms with van der Waals surface area (Å²) in [6.45, 7) is 0.227. The van der Waals surface area contributed by atoms with Gasteiger partial charge >= 0.3 is 0 Å². The minimum Gasteiger partial charge on any atom is -0.467 e. The Morgan fingerprint density at radius 3 is 3.08 bits per heavy atom. The molecule has 0 aliphatic carbocycles. The molecule has 2 rings (SSSR count). The van der Waals surface area contributed by atoms with Crippen LogP contribution in [0.15, 0.2) is 12.1 Å². The van der Waals surface area contributed by atoms with Crippen LogP contribution in [0.25, 0.3) is 0 Å². The molecule has 1 aliphatic heterocycles. The van der Waals surface area contributed by atoms with Gasteiger partial charge in [0.1, 0.15) is 11.6 Å². The van der Waals surface area contributed by atoms with Gasteiger partial charge in [-0.3, -0.25) is 0 Å². The van der Waals surface area contributed by atoms with Crippen LogP contribution >= 0.6 is 0 Å². The predicted molar refractivity (Wildman–Crippen MR) is 42.6 cm³/mol. The van der Waals surface area contributed by atoms with Crippen LogP contribution in [0.2, 0.25) is 0 Å². The van der Waals surface area contributed by atoms with Crippen molar-refractivity contribution < 1.29 is 19.0 Å².